The fourth-order valence-electron chi connectivity index (χ4n) is 0.933. The first-order valence-corrected chi connectivity index (χ1v) is 4.45. The van der Waals surface area contributed by atoms with Crippen LogP contribution in [0, 0.1) is 6.92 Å². The van der Waals surface area contributed by atoms with Gasteiger partial charge in [0.15, 0.2) is 0 Å². The molecule has 1 heterocycles. The minimum absolute atomic E-state index is 0.625. The molecule has 0 aliphatic heterocycles. The number of aryl methyl sites for hydroxylation is 1. The highest BCUT2D eigenvalue weighted by Gasteiger charge is 1.99. The van der Waals surface area contributed by atoms with E-state index in [9.17, 15) is 0 Å². The maximum atomic E-state index is 5.40. The summed E-state index contributed by atoms with van der Waals surface area (Å²) >= 11 is 0. The average Bonchev–Trinajstić information content (AvgIpc) is 2.15. The minimum atomic E-state index is 0.625. The zero-order valence-corrected chi connectivity index (χ0v) is 8.08. The van der Waals surface area contributed by atoms with E-state index in [1.807, 2.05) is 6.92 Å². The normalized spacial score (nSPS) is 10.0. The van der Waals surface area contributed by atoms with E-state index in [1.165, 1.54) is 0 Å². The van der Waals surface area contributed by atoms with Gasteiger partial charge in [0.1, 0.15) is 6.61 Å². The van der Waals surface area contributed by atoms with Crippen molar-refractivity contribution in [2.45, 2.75) is 13.8 Å². The fourth-order valence-corrected chi connectivity index (χ4v) is 0.933. The van der Waals surface area contributed by atoms with Crippen molar-refractivity contribution in [2.24, 2.45) is 0 Å². The topological polar surface area (TPSA) is 47.0 Å². The van der Waals surface area contributed by atoms with Gasteiger partial charge in [-0.1, -0.05) is 6.92 Å². The lowest BCUT2D eigenvalue weighted by molar-refractivity contribution is 0.300. The molecule has 0 amide bonds. The molecule has 0 bridgehead atoms. The van der Waals surface area contributed by atoms with Crippen molar-refractivity contribution in [2.75, 3.05) is 19.7 Å². The van der Waals surface area contributed by atoms with Gasteiger partial charge in [0.25, 0.3) is 0 Å². The summed E-state index contributed by atoms with van der Waals surface area (Å²) in [5, 5.41) is 3.16. The molecule has 0 unspecified atom stereocenters. The molecule has 0 fully saturated rings. The van der Waals surface area contributed by atoms with Crippen LogP contribution in [0.25, 0.3) is 0 Å². The zero-order chi connectivity index (χ0) is 9.52. The third-order valence-corrected chi connectivity index (χ3v) is 1.60. The van der Waals surface area contributed by atoms with Crippen molar-refractivity contribution < 1.29 is 4.74 Å². The highest BCUT2D eigenvalue weighted by Crippen LogP contribution is 2.08. The summed E-state index contributed by atoms with van der Waals surface area (Å²) in [6.45, 7) is 6.38. The monoisotopic (exact) mass is 181 g/mol. The Morgan fingerprint density at radius 1 is 1.38 bits per heavy atom. The Morgan fingerprint density at radius 3 is 2.85 bits per heavy atom. The SMILES string of the molecule is CCNCCOc1nccnc1C. The molecular formula is C9H15N3O. The molecule has 0 spiro atoms. The van der Waals surface area contributed by atoms with Crippen molar-refractivity contribution >= 4 is 0 Å². The Kier molecular flexibility index (Phi) is 4.18. The lowest BCUT2D eigenvalue weighted by Crippen LogP contribution is -2.20. The van der Waals surface area contributed by atoms with Gasteiger partial charge in [-0.05, 0) is 13.5 Å². The molecular weight excluding hydrogens is 166 g/mol. The number of hydrogen-bond donors (Lipinski definition) is 1. The highest BCUT2D eigenvalue weighted by molar-refractivity contribution is 5.14. The Labute approximate surface area is 78.4 Å². The van der Waals surface area contributed by atoms with Crippen molar-refractivity contribution in [3.8, 4) is 5.88 Å². The number of ether oxygens (including phenoxy) is 1. The maximum absolute atomic E-state index is 5.40. The first-order chi connectivity index (χ1) is 6.34. The number of nitrogens with one attached hydrogen (secondary N) is 1. The van der Waals surface area contributed by atoms with Gasteiger partial charge in [-0.2, -0.15) is 0 Å². The van der Waals surface area contributed by atoms with Crippen molar-refractivity contribution in [3.63, 3.8) is 0 Å². The van der Waals surface area contributed by atoms with E-state index in [0.29, 0.717) is 12.5 Å². The summed E-state index contributed by atoms with van der Waals surface area (Å²) in [5.74, 6) is 0.625. The third kappa shape index (κ3) is 3.38. The van der Waals surface area contributed by atoms with Crippen LogP contribution in [0.15, 0.2) is 12.4 Å². The molecule has 72 valence electrons. The van der Waals surface area contributed by atoms with Crippen molar-refractivity contribution in [1.29, 1.82) is 0 Å². The van der Waals surface area contributed by atoms with Crippen LogP contribution in [0.2, 0.25) is 0 Å². The molecule has 1 rings (SSSR count). The van der Waals surface area contributed by atoms with Crippen LogP contribution in [-0.2, 0) is 0 Å². The third-order valence-electron chi connectivity index (χ3n) is 1.60. The van der Waals surface area contributed by atoms with Gasteiger partial charge in [0.2, 0.25) is 5.88 Å². The van der Waals surface area contributed by atoms with Gasteiger partial charge >= 0.3 is 0 Å². The van der Waals surface area contributed by atoms with Crippen LogP contribution in [0.5, 0.6) is 5.88 Å². The molecule has 0 aromatic carbocycles. The van der Waals surface area contributed by atoms with E-state index in [2.05, 4.69) is 22.2 Å². The Balaban J connectivity index is 2.32. The first-order valence-electron chi connectivity index (χ1n) is 4.45. The van der Waals surface area contributed by atoms with Gasteiger partial charge in [0, 0.05) is 18.9 Å². The molecule has 1 aromatic heterocycles. The van der Waals surface area contributed by atoms with Gasteiger partial charge < -0.3 is 10.1 Å². The number of hydrogen-bond acceptors (Lipinski definition) is 4. The predicted octanol–water partition coefficient (Wildman–Crippen LogP) is 0.773. The Hall–Kier alpha value is -1.16. The van der Waals surface area contributed by atoms with E-state index in [1.54, 1.807) is 12.4 Å². The zero-order valence-electron chi connectivity index (χ0n) is 8.08. The highest BCUT2D eigenvalue weighted by atomic mass is 16.5. The molecule has 4 nitrogen and oxygen atoms in total. The molecule has 0 radical (unpaired) electrons. The quantitative estimate of drug-likeness (QED) is 0.682. The summed E-state index contributed by atoms with van der Waals surface area (Å²) in [4.78, 5) is 8.13. The molecule has 1 N–H and O–H groups in total. The van der Waals surface area contributed by atoms with Gasteiger partial charge in [-0.15, -0.1) is 0 Å². The largest absolute Gasteiger partial charge is 0.475 e. The molecule has 0 saturated carbocycles. The molecule has 0 aliphatic rings. The van der Waals surface area contributed by atoms with Crippen molar-refractivity contribution in [3.05, 3.63) is 18.1 Å². The summed E-state index contributed by atoms with van der Waals surface area (Å²) < 4.78 is 5.40. The summed E-state index contributed by atoms with van der Waals surface area (Å²) in [7, 11) is 0. The summed E-state index contributed by atoms with van der Waals surface area (Å²) in [5.41, 5.74) is 0.832. The first kappa shape index (κ1) is 9.92. The maximum Gasteiger partial charge on any atom is 0.235 e. The van der Waals surface area contributed by atoms with Crippen LogP contribution in [-0.4, -0.2) is 29.7 Å². The van der Waals surface area contributed by atoms with Crippen LogP contribution in [0.3, 0.4) is 0 Å². The van der Waals surface area contributed by atoms with Crippen LogP contribution < -0.4 is 10.1 Å². The predicted molar refractivity (Wildman–Crippen MR) is 50.8 cm³/mol. The number of nitrogens with zero attached hydrogens (tertiary/aromatic N) is 2. The van der Waals surface area contributed by atoms with E-state index in [0.717, 1.165) is 18.8 Å². The molecule has 0 saturated heterocycles. The minimum Gasteiger partial charge on any atom is -0.475 e. The smallest absolute Gasteiger partial charge is 0.235 e. The van der Waals surface area contributed by atoms with Gasteiger partial charge in [-0.25, -0.2) is 4.98 Å². The van der Waals surface area contributed by atoms with E-state index < -0.39 is 0 Å². The van der Waals surface area contributed by atoms with E-state index in [4.69, 9.17) is 4.74 Å². The lowest BCUT2D eigenvalue weighted by Gasteiger charge is -2.06. The standard InChI is InChI=1S/C9H15N3O/c1-3-10-6-7-13-9-8(2)11-4-5-12-9/h4-5,10H,3,6-7H2,1-2H3. The van der Waals surface area contributed by atoms with Crippen LogP contribution in [0.4, 0.5) is 0 Å². The van der Waals surface area contributed by atoms with E-state index in [-0.39, 0.29) is 0 Å². The Morgan fingerprint density at radius 2 is 2.15 bits per heavy atom. The molecule has 4 heteroatoms. The second-order valence-electron chi connectivity index (χ2n) is 2.65. The summed E-state index contributed by atoms with van der Waals surface area (Å²) in [6.07, 6.45) is 3.29. The molecule has 0 aliphatic carbocycles. The molecule has 13 heavy (non-hydrogen) atoms. The van der Waals surface area contributed by atoms with Crippen LogP contribution in [0.1, 0.15) is 12.6 Å². The number of rotatable bonds is 5. The van der Waals surface area contributed by atoms with Crippen molar-refractivity contribution in [1.82, 2.24) is 15.3 Å². The lowest BCUT2D eigenvalue weighted by atomic mass is 10.5. The van der Waals surface area contributed by atoms with Gasteiger partial charge in [0.05, 0.1) is 5.69 Å². The Bertz CT molecular complexity index is 252. The summed E-state index contributed by atoms with van der Waals surface area (Å²) in [6, 6.07) is 0. The number of aromatic nitrogens is 2. The number of likely N-dealkylation sites (N-methyl/N-ethyl adjacent to an activating group) is 1. The molecule has 1 aromatic rings. The second-order valence-corrected chi connectivity index (χ2v) is 2.65. The van der Waals surface area contributed by atoms with Crippen LogP contribution >= 0.6 is 0 Å². The average molecular weight is 181 g/mol. The fraction of sp³-hybridized carbons (Fsp3) is 0.556. The second kappa shape index (κ2) is 5.48. The van der Waals surface area contributed by atoms with Gasteiger partial charge in [-0.3, -0.25) is 4.98 Å². The molecule has 0 atom stereocenters. The van der Waals surface area contributed by atoms with E-state index >= 15 is 0 Å².